The minimum absolute atomic E-state index is 0.179. The zero-order valence-corrected chi connectivity index (χ0v) is 12.1. The maximum absolute atomic E-state index is 12.8. The van der Waals surface area contributed by atoms with Gasteiger partial charge in [0.25, 0.3) is 0 Å². The fraction of sp³-hybridized carbons (Fsp3) is 0.333. The van der Waals surface area contributed by atoms with Crippen LogP contribution in [-0.4, -0.2) is 19.0 Å². The van der Waals surface area contributed by atoms with E-state index in [0.717, 1.165) is 25.2 Å². The number of nitrogens with one attached hydrogen (secondary N) is 1. The zero-order valence-electron chi connectivity index (χ0n) is 11.3. The smallest absolute Gasteiger partial charge is 0.123 e. The minimum Gasteiger partial charge on any atom is -0.315 e. The molecule has 0 bridgehead atoms. The number of hydrogen-bond acceptors (Lipinski definition) is 3. The molecule has 2 nitrogen and oxygen atoms in total. The summed E-state index contributed by atoms with van der Waals surface area (Å²) >= 11 is 1.83. The number of thiophene rings is 1. The predicted molar refractivity (Wildman–Crippen MR) is 78.7 cm³/mol. The third kappa shape index (κ3) is 4.42. The van der Waals surface area contributed by atoms with E-state index >= 15 is 0 Å². The highest BCUT2D eigenvalue weighted by Gasteiger charge is 2.05. The van der Waals surface area contributed by atoms with Crippen molar-refractivity contribution in [3.05, 3.63) is 57.5 Å². The highest BCUT2D eigenvalue weighted by molar-refractivity contribution is 7.11. The highest BCUT2D eigenvalue weighted by Crippen LogP contribution is 2.18. The topological polar surface area (TPSA) is 15.3 Å². The lowest BCUT2D eigenvalue weighted by Crippen LogP contribution is -2.16. The van der Waals surface area contributed by atoms with Crippen molar-refractivity contribution in [2.75, 3.05) is 14.1 Å². The largest absolute Gasteiger partial charge is 0.315 e. The molecule has 0 spiro atoms. The number of halogens is 1. The van der Waals surface area contributed by atoms with Crippen LogP contribution in [0.3, 0.4) is 0 Å². The van der Waals surface area contributed by atoms with E-state index in [9.17, 15) is 4.39 Å². The van der Waals surface area contributed by atoms with Gasteiger partial charge in [-0.15, -0.1) is 11.3 Å². The van der Waals surface area contributed by atoms with Gasteiger partial charge in [-0.05, 0) is 43.9 Å². The molecule has 1 N–H and O–H groups in total. The molecule has 0 atom stereocenters. The molecule has 1 aromatic heterocycles. The Morgan fingerprint density at radius 3 is 2.42 bits per heavy atom. The Labute approximate surface area is 117 Å². The lowest BCUT2D eigenvalue weighted by molar-refractivity contribution is 0.322. The van der Waals surface area contributed by atoms with E-state index in [1.54, 1.807) is 0 Å². The van der Waals surface area contributed by atoms with Gasteiger partial charge in [0.1, 0.15) is 5.82 Å². The molecule has 0 saturated heterocycles. The molecule has 0 aliphatic carbocycles. The summed E-state index contributed by atoms with van der Waals surface area (Å²) in [6.07, 6.45) is 0. The van der Waals surface area contributed by atoms with Gasteiger partial charge in [-0.1, -0.05) is 12.1 Å². The van der Waals surface area contributed by atoms with Gasteiger partial charge in [-0.25, -0.2) is 4.39 Å². The molecular formula is C15H19FN2S. The van der Waals surface area contributed by atoms with Gasteiger partial charge in [-0.2, -0.15) is 0 Å². The van der Waals surface area contributed by atoms with Crippen LogP contribution in [0, 0.1) is 5.82 Å². The van der Waals surface area contributed by atoms with Crippen molar-refractivity contribution in [3.63, 3.8) is 0 Å². The molecule has 0 fully saturated rings. The van der Waals surface area contributed by atoms with Crippen molar-refractivity contribution in [2.45, 2.75) is 19.6 Å². The third-order valence-corrected chi connectivity index (χ3v) is 3.93. The van der Waals surface area contributed by atoms with Gasteiger partial charge in [0, 0.05) is 29.4 Å². The average Bonchev–Trinajstić information content (AvgIpc) is 2.80. The van der Waals surface area contributed by atoms with Crippen LogP contribution in [0.5, 0.6) is 0 Å². The molecule has 1 heterocycles. The average molecular weight is 278 g/mol. The van der Waals surface area contributed by atoms with Crippen LogP contribution < -0.4 is 5.32 Å². The maximum Gasteiger partial charge on any atom is 0.123 e. The normalized spacial score (nSPS) is 11.2. The molecular weight excluding hydrogens is 259 g/mol. The zero-order chi connectivity index (χ0) is 13.7. The Hall–Kier alpha value is -1.23. The van der Waals surface area contributed by atoms with Gasteiger partial charge in [-0.3, -0.25) is 4.90 Å². The standard InChI is InChI=1S/C15H19FN2S/c1-17-9-14-7-8-15(19-14)11-18(2)10-12-3-5-13(16)6-4-12/h3-8,17H,9-11H2,1-2H3. The van der Waals surface area contributed by atoms with Crippen molar-refractivity contribution in [2.24, 2.45) is 0 Å². The van der Waals surface area contributed by atoms with E-state index in [4.69, 9.17) is 0 Å². The van der Waals surface area contributed by atoms with Crippen LogP contribution in [0.4, 0.5) is 4.39 Å². The Kier molecular flexibility index (Phi) is 5.07. The molecule has 2 rings (SSSR count). The first-order chi connectivity index (χ1) is 9.17. The molecule has 1 aromatic carbocycles. The van der Waals surface area contributed by atoms with Crippen molar-refractivity contribution < 1.29 is 4.39 Å². The summed E-state index contributed by atoms with van der Waals surface area (Å²) in [5.41, 5.74) is 1.14. The van der Waals surface area contributed by atoms with E-state index in [-0.39, 0.29) is 5.82 Å². The molecule has 4 heteroatoms. The van der Waals surface area contributed by atoms with E-state index in [1.165, 1.54) is 21.9 Å². The molecule has 0 radical (unpaired) electrons. The second-order valence-corrected chi connectivity index (χ2v) is 5.95. The molecule has 0 aliphatic rings. The molecule has 2 aromatic rings. The second kappa shape index (κ2) is 6.80. The van der Waals surface area contributed by atoms with E-state index in [2.05, 4.69) is 29.4 Å². The number of benzene rings is 1. The monoisotopic (exact) mass is 278 g/mol. The van der Waals surface area contributed by atoms with Gasteiger partial charge < -0.3 is 5.32 Å². The van der Waals surface area contributed by atoms with Gasteiger partial charge in [0.15, 0.2) is 0 Å². The molecule has 19 heavy (non-hydrogen) atoms. The Bertz CT molecular complexity index is 507. The fourth-order valence-corrected chi connectivity index (χ4v) is 3.11. The number of hydrogen-bond donors (Lipinski definition) is 1. The van der Waals surface area contributed by atoms with Crippen LogP contribution in [0.15, 0.2) is 36.4 Å². The summed E-state index contributed by atoms with van der Waals surface area (Å²) in [5, 5.41) is 3.16. The van der Waals surface area contributed by atoms with Crippen molar-refractivity contribution in [1.82, 2.24) is 10.2 Å². The van der Waals surface area contributed by atoms with E-state index < -0.39 is 0 Å². The van der Waals surface area contributed by atoms with Crippen LogP contribution in [0.25, 0.3) is 0 Å². The van der Waals surface area contributed by atoms with Crippen molar-refractivity contribution in [1.29, 1.82) is 0 Å². The first-order valence-electron chi connectivity index (χ1n) is 6.32. The van der Waals surface area contributed by atoms with Gasteiger partial charge in [0.05, 0.1) is 0 Å². The first kappa shape index (κ1) is 14.2. The van der Waals surface area contributed by atoms with E-state index in [0.29, 0.717) is 0 Å². The molecule has 102 valence electrons. The minimum atomic E-state index is -0.179. The van der Waals surface area contributed by atoms with Crippen molar-refractivity contribution in [3.8, 4) is 0 Å². The van der Waals surface area contributed by atoms with Crippen LogP contribution >= 0.6 is 11.3 Å². The lowest BCUT2D eigenvalue weighted by Gasteiger charge is -2.15. The van der Waals surface area contributed by atoms with Gasteiger partial charge in [0.2, 0.25) is 0 Å². The third-order valence-electron chi connectivity index (χ3n) is 2.86. The Balaban J connectivity index is 1.89. The second-order valence-electron chi connectivity index (χ2n) is 4.70. The summed E-state index contributed by atoms with van der Waals surface area (Å²) < 4.78 is 12.8. The molecule has 0 saturated carbocycles. The van der Waals surface area contributed by atoms with E-state index in [1.807, 2.05) is 30.5 Å². The lowest BCUT2D eigenvalue weighted by atomic mass is 10.2. The summed E-state index contributed by atoms with van der Waals surface area (Å²) in [6.45, 7) is 2.68. The predicted octanol–water partition coefficient (Wildman–Crippen LogP) is 3.24. The molecule has 0 unspecified atom stereocenters. The number of rotatable bonds is 6. The number of nitrogens with zero attached hydrogens (tertiary/aromatic N) is 1. The molecule has 0 aliphatic heterocycles. The summed E-state index contributed by atoms with van der Waals surface area (Å²) in [5.74, 6) is -0.179. The Morgan fingerprint density at radius 2 is 1.74 bits per heavy atom. The quantitative estimate of drug-likeness (QED) is 0.872. The van der Waals surface area contributed by atoms with Crippen LogP contribution in [-0.2, 0) is 19.6 Å². The van der Waals surface area contributed by atoms with Crippen molar-refractivity contribution >= 4 is 11.3 Å². The summed E-state index contributed by atoms with van der Waals surface area (Å²) in [6, 6.07) is 11.1. The van der Waals surface area contributed by atoms with Crippen LogP contribution in [0.2, 0.25) is 0 Å². The van der Waals surface area contributed by atoms with Crippen LogP contribution in [0.1, 0.15) is 15.3 Å². The molecule has 0 amide bonds. The van der Waals surface area contributed by atoms with Gasteiger partial charge >= 0.3 is 0 Å². The SMILES string of the molecule is CNCc1ccc(CN(C)Cc2ccc(F)cc2)s1. The highest BCUT2D eigenvalue weighted by atomic mass is 32.1. The fourth-order valence-electron chi connectivity index (χ4n) is 2.00. The summed E-state index contributed by atoms with van der Waals surface area (Å²) in [4.78, 5) is 4.95. The first-order valence-corrected chi connectivity index (χ1v) is 7.14. The summed E-state index contributed by atoms with van der Waals surface area (Å²) in [7, 11) is 4.04. The maximum atomic E-state index is 12.8. The Morgan fingerprint density at radius 1 is 1.05 bits per heavy atom.